The number of benzene rings is 1. The summed E-state index contributed by atoms with van der Waals surface area (Å²) >= 11 is 0. The summed E-state index contributed by atoms with van der Waals surface area (Å²) in [7, 11) is 9.68. The minimum Gasteiger partial charge on any atom is -1.00 e. The maximum atomic E-state index is 2.47. The molecule has 414 valence electrons. The Morgan fingerprint density at radius 2 is 0.406 bits per heavy atom. The van der Waals surface area contributed by atoms with Crippen molar-refractivity contribution in [2.24, 2.45) is 0 Å². The van der Waals surface area contributed by atoms with Crippen LogP contribution in [0, 0.1) is 0 Å². The molecule has 1 aromatic rings. The largest absolute Gasteiger partial charge is 1.00 e. The topological polar surface area (TPSA) is 0 Å². The second-order valence-electron chi connectivity index (χ2n) is 23.6. The van der Waals surface area contributed by atoms with Crippen molar-refractivity contribution >= 4 is 0 Å². The van der Waals surface area contributed by atoms with Crippen molar-refractivity contribution in [3.8, 4) is 0 Å². The molecular formula is C65H130Cl2N2. The molecule has 0 saturated carbocycles. The Balaban J connectivity index is -0.00000129. The molecule has 0 atom stereocenters. The molecule has 0 unspecified atom stereocenters. The first-order valence-corrected chi connectivity index (χ1v) is 31.4. The van der Waals surface area contributed by atoms with Crippen LogP contribution in [0.15, 0.2) is 30.3 Å². The van der Waals surface area contributed by atoms with Gasteiger partial charge in [0, 0.05) is 5.56 Å². The molecule has 0 fully saturated rings. The van der Waals surface area contributed by atoms with E-state index in [1.807, 2.05) is 0 Å². The van der Waals surface area contributed by atoms with Crippen LogP contribution in [-0.2, 0) is 6.54 Å². The Morgan fingerprint density at radius 1 is 0.232 bits per heavy atom. The van der Waals surface area contributed by atoms with Crippen LogP contribution in [-0.4, -0.2) is 56.8 Å². The predicted molar refractivity (Wildman–Crippen MR) is 308 cm³/mol. The van der Waals surface area contributed by atoms with Crippen LogP contribution in [0.25, 0.3) is 0 Å². The van der Waals surface area contributed by atoms with E-state index in [0.717, 1.165) is 11.0 Å². The zero-order chi connectivity index (χ0) is 48.9. The third-order valence-corrected chi connectivity index (χ3v) is 15.3. The van der Waals surface area contributed by atoms with Crippen molar-refractivity contribution < 1.29 is 33.8 Å². The average Bonchev–Trinajstić information content (AvgIpc) is 3.31. The number of nitrogens with zero attached hydrogens (tertiary/aromatic N) is 2. The zero-order valence-corrected chi connectivity index (χ0v) is 50.3. The summed E-state index contributed by atoms with van der Waals surface area (Å²) in [6, 6.07) is 10.9. The van der Waals surface area contributed by atoms with Crippen LogP contribution < -0.4 is 24.8 Å². The number of rotatable bonds is 53. The summed E-state index contributed by atoms with van der Waals surface area (Å²) in [5.74, 6) is 0. The lowest BCUT2D eigenvalue weighted by molar-refractivity contribution is -0.903. The number of unbranched alkanes of at least 4 members (excludes halogenated alkanes) is 45. The third kappa shape index (κ3) is 60.2. The molecule has 4 heteroatoms. The Hall–Kier alpha value is -0.280. The van der Waals surface area contributed by atoms with Crippen LogP contribution in [0.4, 0.5) is 0 Å². The van der Waals surface area contributed by atoms with Gasteiger partial charge >= 0.3 is 0 Å². The lowest BCUT2D eigenvalue weighted by atomic mass is 10.0. The van der Waals surface area contributed by atoms with E-state index in [1.165, 1.54) is 338 Å². The highest BCUT2D eigenvalue weighted by Crippen LogP contribution is 2.19. The van der Waals surface area contributed by atoms with Gasteiger partial charge in [-0.05, 0) is 38.5 Å². The summed E-state index contributed by atoms with van der Waals surface area (Å²) in [5, 5.41) is 0. The van der Waals surface area contributed by atoms with Crippen molar-refractivity contribution in [1.82, 2.24) is 0 Å². The van der Waals surface area contributed by atoms with Gasteiger partial charge in [-0.2, -0.15) is 0 Å². The molecule has 0 amide bonds. The van der Waals surface area contributed by atoms with Crippen molar-refractivity contribution in [2.75, 3.05) is 47.8 Å². The van der Waals surface area contributed by atoms with E-state index >= 15 is 0 Å². The molecule has 0 saturated heterocycles. The molecule has 0 radical (unpaired) electrons. The van der Waals surface area contributed by atoms with Gasteiger partial charge < -0.3 is 33.8 Å². The van der Waals surface area contributed by atoms with Gasteiger partial charge in [0.15, 0.2) is 0 Å². The fourth-order valence-corrected chi connectivity index (χ4v) is 10.5. The van der Waals surface area contributed by atoms with Gasteiger partial charge in [0.05, 0.1) is 47.8 Å². The van der Waals surface area contributed by atoms with E-state index in [9.17, 15) is 0 Å². The fraction of sp³-hybridized carbons (Fsp3) is 0.908. The van der Waals surface area contributed by atoms with E-state index < -0.39 is 0 Å². The molecule has 0 heterocycles. The predicted octanol–water partition coefficient (Wildman–Crippen LogP) is 16.1. The van der Waals surface area contributed by atoms with Gasteiger partial charge in [-0.15, -0.1) is 0 Å². The fourth-order valence-electron chi connectivity index (χ4n) is 10.5. The number of hydrogen-bond donors (Lipinski definition) is 0. The van der Waals surface area contributed by atoms with Crippen molar-refractivity contribution in [3.63, 3.8) is 0 Å². The zero-order valence-electron chi connectivity index (χ0n) is 48.8. The molecule has 0 aliphatic carbocycles. The van der Waals surface area contributed by atoms with E-state index in [1.54, 1.807) is 0 Å². The van der Waals surface area contributed by atoms with Gasteiger partial charge in [0.25, 0.3) is 0 Å². The van der Waals surface area contributed by atoms with Crippen molar-refractivity contribution in [1.29, 1.82) is 0 Å². The van der Waals surface area contributed by atoms with Gasteiger partial charge in [-0.3, -0.25) is 0 Å². The molecule has 2 nitrogen and oxygen atoms in total. The van der Waals surface area contributed by atoms with E-state index in [4.69, 9.17) is 0 Å². The monoisotopic (exact) mass is 1010 g/mol. The summed E-state index contributed by atoms with van der Waals surface area (Å²) in [6.07, 6.45) is 70.1. The van der Waals surface area contributed by atoms with Crippen LogP contribution in [0.5, 0.6) is 0 Å². The highest BCUT2D eigenvalue weighted by molar-refractivity contribution is 5.13. The quantitative estimate of drug-likeness (QED) is 0.0451. The molecule has 0 aromatic heterocycles. The summed E-state index contributed by atoms with van der Waals surface area (Å²) in [5.41, 5.74) is 1.46. The van der Waals surface area contributed by atoms with Gasteiger partial charge in [-0.25, -0.2) is 0 Å². The molecule has 0 bridgehead atoms. The Kier molecular flexibility index (Phi) is 62.0. The molecule has 1 rings (SSSR count). The number of halogens is 2. The molecule has 0 N–H and O–H groups in total. The highest BCUT2D eigenvalue weighted by Gasteiger charge is 2.15. The summed E-state index contributed by atoms with van der Waals surface area (Å²) in [4.78, 5) is 0. The molecule has 0 aliphatic rings. The number of hydrogen-bond acceptors (Lipinski definition) is 0. The van der Waals surface area contributed by atoms with E-state index in [0.29, 0.717) is 0 Å². The van der Waals surface area contributed by atoms with E-state index in [2.05, 4.69) is 79.3 Å². The second-order valence-corrected chi connectivity index (χ2v) is 23.6. The smallest absolute Gasteiger partial charge is 0.104 e. The van der Waals surface area contributed by atoms with Crippen LogP contribution in [0.3, 0.4) is 0 Å². The first kappa shape index (κ1) is 73.0. The van der Waals surface area contributed by atoms with Crippen LogP contribution in [0.1, 0.15) is 335 Å². The SMILES string of the molecule is CCCCCCCCCCCCCCCCCC[N+](C)(C)CCCCCCCCCCCCCCCCCC.CCCCCCCCCCCCCCCCCC[N+](C)(C)Cc1ccccc1.[Cl-].[Cl-]. The molecule has 0 spiro atoms. The second kappa shape index (κ2) is 58.6. The van der Waals surface area contributed by atoms with E-state index in [-0.39, 0.29) is 24.8 Å². The molecule has 0 aliphatic heterocycles. The summed E-state index contributed by atoms with van der Waals surface area (Å²) in [6.45, 7) is 12.1. The van der Waals surface area contributed by atoms with Gasteiger partial charge in [0.1, 0.15) is 6.54 Å². The lowest BCUT2D eigenvalue weighted by Gasteiger charge is -2.30. The maximum Gasteiger partial charge on any atom is 0.104 e. The van der Waals surface area contributed by atoms with Crippen LogP contribution in [0.2, 0.25) is 0 Å². The normalized spacial score (nSPS) is 11.6. The Morgan fingerprint density at radius 3 is 0.609 bits per heavy atom. The molecule has 69 heavy (non-hydrogen) atoms. The average molecular weight is 1010 g/mol. The van der Waals surface area contributed by atoms with Crippen molar-refractivity contribution in [3.05, 3.63) is 35.9 Å². The molecular weight excluding hydrogens is 880 g/mol. The number of quaternary nitrogens is 2. The minimum absolute atomic E-state index is 0. The van der Waals surface area contributed by atoms with Crippen LogP contribution >= 0.6 is 0 Å². The van der Waals surface area contributed by atoms with Crippen molar-refractivity contribution in [2.45, 2.75) is 336 Å². The lowest BCUT2D eigenvalue weighted by Crippen LogP contribution is -3.00. The summed E-state index contributed by atoms with van der Waals surface area (Å²) < 4.78 is 2.36. The highest BCUT2D eigenvalue weighted by atomic mass is 35.5. The standard InChI is InChI=1S/C38H80N.C27H50N.2ClH/c1-5-7-9-11-13-15-17-19-21-23-25-27-29-31-33-35-37-39(3,4)38-36-34-32-30-28-26-24-22-20-18-16-14-12-10-8-6-2;1-4-5-6-7-8-9-10-11-12-13-14-15-16-17-18-22-25-28(2,3)26-27-23-20-19-21-24-27;;/h5-38H2,1-4H3;19-21,23-24H,4-18,22,25-26H2,1-3H3;2*1H/q2*+1;;/p-2. The first-order valence-electron chi connectivity index (χ1n) is 31.4. The maximum absolute atomic E-state index is 2.47. The Labute approximate surface area is 450 Å². The van der Waals surface area contributed by atoms with Gasteiger partial charge in [0.2, 0.25) is 0 Å². The first-order chi connectivity index (χ1) is 32.8. The minimum atomic E-state index is 0. The third-order valence-electron chi connectivity index (χ3n) is 15.3. The molecule has 1 aromatic carbocycles. The Bertz CT molecular complexity index is 1010. The van der Waals surface area contributed by atoms with Gasteiger partial charge in [-0.1, -0.05) is 321 Å².